The molecule has 0 aromatic carbocycles. The zero-order chi connectivity index (χ0) is 26.8. The van der Waals surface area contributed by atoms with E-state index in [-0.39, 0.29) is 12.8 Å². The summed E-state index contributed by atoms with van der Waals surface area (Å²) >= 11 is 0. The number of aliphatic hydroxyl groups is 1. The van der Waals surface area contributed by atoms with E-state index < -0.39 is 66.4 Å². The fraction of sp³-hybridized carbons (Fsp3) is 0.450. The summed E-state index contributed by atoms with van der Waals surface area (Å²) in [5, 5.41) is 34.6. The van der Waals surface area contributed by atoms with E-state index in [1.54, 1.807) is 0 Å². The number of hydrogen-bond donors (Lipinski definition) is 9. The number of nitrogens with zero attached hydrogens (tertiary/aromatic N) is 2. The number of hydrogen-bond acceptors (Lipinski definition) is 9. The molecule has 16 nitrogen and oxygen atoms in total. The first-order valence-electron chi connectivity index (χ1n) is 10.7. The van der Waals surface area contributed by atoms with Crippen LogP contribution in [0.3, 0.4) is 0 Å². The fourth-order valence-corrected chi connectivity index (χ4v) is 3.13. The van der Waals surface area contributed by atoms with Crippen LogP contribution in [0.1, 0.15) is 24.7 Å². The molecule has 2 aromatic heterocycles. The highest BCUT2D eigenvalue weighted by atomic mass is 16.4. The number of imidazole rings is 2. The van der Waals surface area contributed by atoms with Gasteiger partial charge in [0.1, 0.15) is 12.1 Å². The first-order valence-corrected chi connectivity index (χ1v) is 10.7. The molecule has 3 amide bonds. The maximum absolute atomic E-state index is 13.0. The van der Waals surface area contributed by atoms with E-state index in [2.05, 4.69) is 30.6 Å². The molecule has 2 aromatic rings. The van der Waals surface area contributed by atoms with Gasteiger partial charge in [-0.25, -0.2) is 14.8 Å². The number of aromatic nitrogens is 4. The Morgan fingerprint density at radius 1 is 0.889 bits per heavy atom. The molecule has 2 heterocycles. The van der Waals surface area contributed by atoms with Crippen molar-refractivity contribution in [2.75, 3.05) is 0 Å². The Bertz CT molecular complexity index is 1040. The second-order valence-corrected chi connectivity index (χ2v) is 7.95. The molecule has 10 N–H and O–H groups in total. The number of carbonyl (C=O) groups is 5. The van der Waals surface area contributed by atoms with E-state index in [1.165, 1.54) is 25.0 Å². The predicted molar refractivity (Wildman–Crippen MR) is 120 cm³/mol. The molecule has 0 saturated carbocycles. The number of nitrogens with one attached hydrogen (secondary N) is 5. The number of aliphatic carboxylic acids is 2. The molecule has 0 fully saturated rings. The van der Waals surface area contributed by atoms with Crippen molar-refractivity contribution in [1.82, 2.24) is 35.9 Å². The second kappa shape index (κ2) is 13.0. The second-order valence-electron chi connectivity index (χ2n) is 7.95. The number of carbonyl (C=O) groups excluding carboxylic acids is 3. The Labute approximate surface area is 204 Å². The van der Waals surface area contributed by atoms with E-state index in [9.17, 15) is 34.2 Å². The fourth-order valence-electron chi connectivity index (χ4n) is 3.13. The summed E-state index contributed by atoms with van der Waals surface area (Å²) in [4.78, 5) is 74.1. The van der Waals surface area contributed by atoms with Gasteiger partial charge < -0.3 is 47.0 Å². The minimum Gasteiger partial charge on any atom is -0.481 e. The van der Waals surface area contributed by atoms with Gasteiger partial charge in [0, 0.05) is 36.6 Å². The van der Waals surface area contributed by atoms with Gasteiger partial charge in [0.25, 0.3) is 0 Å². The number of carboxylic acid groups (broad SMARTS) is 2. The number of aliphatic hydroxyl groups excluding tert-OH is 1. The van der Waals surface area contributed by atoms with Crippen LogP contribution >= 0.6 is 0 Å². The van der Waals surface area contributed by atoms with Crippen molar-refractivity contribution >= 4 is 29.7 Å². The van der Waals surface area contributed by atoms with Crippen LogP contribution in [-0.2, 0) is 36.8 Å². The van der Waals surface area contributed by atoms with E-state index in [1.807, 2.05) is 5.32 Å². The number of aromatic amines is 2. The lowest BCUT2D eigenvalue weighted by molar-refractivity contribution is -0.146. The molecule has 0 spiro atoms. The standard InChI is InChI=1S/C20H28N8O8/c1-9(29)16(20(35)36)28-19(34)14(4-15(30)31)27-18(33)13(3-11-6-23-8-25-11)26-17(32)12(21)2-10-5-22-7-24-10/h5-9,12-14,16,29H,2-4,21H2,1H3,(H,22,24)(H,23,25)(H,26,32)(H,27,33)(H,28,34)(H,30,31)(H,35,36). The summed E-state index contributed by atoms with van der Waals surface area (Å²) in [5.41, 5.74) is 6.95. The lowest BCUT2D eigenvalue weighted by atomic mass is 10.1. The third-order valence-electron chi connectivity index (χ3n) is 5.00. The van der Waals surface area contributed by atoms with E-state index in [4.69, 9.17) is 10.8 Å². The van der Waals surface area contributed by atoms with Crippen molar-refractivity contribution in [3.8, 4) is 0 Å². The summed E-state index contributed by atoms with van der Waals surface area (Å²) in [7, 11) is 0. The van der Waals surface area contributed by atoms with Gasteiger partial charge in [0.05, 0.1) is 31.2 Å². The Balaban J connectivity index is 2.17. The summed E-state index contributed by atoms with van der Waals surface area (Å²) < 4.78 is 0. The van der Waals surface area contributed by atoms with Crippen LogP contribution in [0.4, 0.5) is 0 Å². The van der Waals surface area contributed by atoms with Gasteiger partial charge >= 0.3 is 11.9 Å². The molecule has 0 aliphatic rings. The predicted octanol–water partition coefficient (Wildman–Crippen LogP) is -3.36. The van der Waals surface area contributed by atoms with Gasteiger partial charge in [0.15, 0.2) is 6.04 Å². The van der Waals surface area contributed by atoms with Gasteiger partial charge in [-0.2, -0.15) is 0 Å². The van der Waals surface area contributed by atoms with E-state index in [0.717, 1.165) is 6.92 Å². The largest absolute Gasteiger partial charge is 0.481 e. The van der Waals surface area contributed by atoms with Crippen molar-refractivity contribution in [3.63, 3.8) is 0 Å². The molecule has 196 valence electrons. The van der Waals surface area contributed by atoms with E-state index >= 15 is 0 Å². The zero-order valence-electron chi connectivity index (χ0n) is 19.2. The Morgan fingerprint density at radius 3 is 1.89 bits per heavy atom. The molecule has 2 rings (SSSR count). The monoisotopic (exact) mass is 508 g/mol. The van der Waals surface area contributed by atoms with Crippen molar-refractivity contribution in [3.05, 3.63) is 36.4 Å². The van der Waals surface area contributed by atoms with Crippen molar-refractivity contribution in [1.29, 1.82) is 0 Å². The molecule has 36 heavy (non-hydrogen) atoms. The van der Waals surface area contributed by atoms with Crippen molar-refractivity contribution in [2.24, 2.45) is 5.73 Å². The first kappa shape index (κ1) is 27.9. The highest BCUT2D eigenvalue weighted by molar-refractivity contribution is 5.95. The molecular weight excluding hydrogens is 480 g/mol. The van der Waals surface area contributed by atoms with Gasteiger partial charge in [-0.15, -0.1) is 0 Å². The Hall–Kier alpha value is -4.31. The zero-order valence-corrected chi connectivity index (χ0v) is 19.2. The third kappa shape index (κ3) is 8.48. The SMILES string of the molecule is CC(O)C(NC(=O)C(CC(=O)O)NC(=O)C(Cc1cnc[nH]1)NC(=O)C(N)Cc1cnc[nH]1)C(=O)O. The normalized spacial score (nSPS) is 15.1. The van der Waals surface area contributed by atoms with Crippen LogP contribution in [0, 0.1) is 0 Å². The first-order chi connectivity index (χ1) is 17.0. The highest BCUT2D eigenvalue weighted by Crippen LogP contribution is 2.04. The Kier molecular flexibility index (Phi) is 10.1. The quantitative estimate of drug-likeness (QED) is 0.122. The Morgan fingerprint density at radius 2 is 1.42 bits per heavy atom. The lowest BCUT2D eigenvalue weighted by Gasteiger charge is -2.25. The smallest absolute Gasteiger partial charge is 0.328 e. The molecule has 16 heteroatoms. The number of carboxylic acids is 2. The average Bonchev–Trinajstić information content (AvgIpc) is 3.49. The molecule has 0 bridgehead atoms. The van der Waals surface area contributed by atoms with Gasteiger partial charge in [-0.3, -0.25) is 19.2 Å². The highest BCUT2D eigenvalue weighted by Gasteiger charge is 2.33. The van der Waals surface area contributed by atoms with Gasteiger partial charge in [0.2, 0.25) is 17.7 Å². The van der Waals surface area contributed by atoms with Gasteiger partial charge in [-0.05, 0) is 6.92 Å². The number of H-pyrrole nitrogens is 2. The topological polar surface area (TPSA) is 266 Å². The van der Waals surface area contributed by atoms with Crippen LogP contribution in [0.15, 0.2) is 25.0 Å². The lowest BCUT2D eigenvalue weighted by Crippen LogP contribution is -2.59. The summed E-state index contributed by atoms with van der Waals surface area (Å²) in [5.74, 6) is -5.81. The average molecular weight is 508 g/mol. The molecular formula is C20H28N8O8. The maximum Gasteiger partial charge on any atom is 0.328 e. The molecule has 0 saturated heterocycles. The third-order valence-corrected chi connectivity index (χ3v) is 5.00. The van der Waals surface area contributed by atoms with Crippen molar-refractivity contribution in [2.45, 2.75) is 56.5 Å². The molecule has 0 aliphatic carbocycles. The molecule has 5 atom stereocenters. The van der Waals surface area contributed by atoms with Crippen LogP contribution in [0.25, 0.3) is 0 Å². The number of amides is 3. The van der Waals surface area contributed by atoms with Crippen LogP contribution in [0.2, 0.25) is 0 Å². The number of rotatable bonds is 14. The van der Waals surface area contributed by atoms with Crippen molar-refractivity contribution < 1.29 is 39.3 Å². The van der Waals surface area contributed by atoms with Gasteiger partial charge in [-0.1, -0.05) is 0 Å². The minimum absolute atomic E-state index is 0.0875. The molecule has 0 radical (unpaired) electrons. The van der Waals surface area contributed by atoms with Crippen LogP contribution in [-0.4, -0.2) is 95.2 Å². The minimum atomic E-state index is -1.74. The summed E-state index contributed by atoms with van der Waals surface area (Å²) in [6, 6.07) is -5.83. The van der Waals surface area contributed by atoms with Crippen LogP contribution < -0.4 is 21.7 Å². The summed E-state index contributed by atoms with van der Waals surface area (Å²) in [6.45, 7) is 1.12. The number of nitrogens with two attached hydrogens (primary N) is 1. The molecule has 0 aliphatic heterocycles. The summed E-state index contributed by atoms with van der Waals surface area (Å²) in [6.07, 6.45) is 3.22. The van der Waals surface area contributed by atoms with Crippen LogP contribution in [0.5, 0.6) is 0 Å². The van der Waals surface area contributed by atoms with E-state index in [0.29, 0.717) is 11.4 Å². The maximum atomic E-state index is 13.0. The molecule has 5 unspecified atom stereocenters.